The molecule has 2 heteroatoms. The third-order valence-electron chi connectivity index (χ3n) is 13.2. The van der Waals surface area contributed by atoms with Crippen LogP contribution in [0.4, 0.5) is 34.1 Å². The highest BCUT2D eigenvalue weighted by Crippen LogP contribution is 2.40. The Hall–Kier alpha value is -8.98. The summed E-state index contributed by atoms with van der Waals surface area (Å²) >= 11 is 0. The number of benzene rings is 12. The average molecular weight is 867 g/mol. The second-order valence-electron chi connectivity index (χ2n) is 17.5. The van der Waals surface area contributed by atoms with Gasteiger partial charge in [0.25, 0.3) is 0 Å². The average Bonchev–Trinajstić information content (AvgIpc) is 3.41. The van der Waals surface area contributed by atoms with E-state index in [1.54, 1.807) is 0 Å². The Morgan fingerprint density at radius 2 is 0.412 bits per heavy atom. The van der Waals surface area contributed by atoms with E-state index in [0.717, 1.165) is 45.3 Å². The maximum absolute atomic E-state index is 2.35. The molecule has 0 aliphatic rings. The lowest BCUT2D eigenvalue weighted by Gasteiger charge is -2.26. The number of hydrogen-bond donors (Lipinski definition) is 0. The fraction of sp³-hybridized carbons (Fsp3) is 0. The first kappa shape index (κ1) is 40.5. The number of hydrogen-bond acceptors (Lipinski definition) is 2. The zero-order valence-electron chi connectivity index (χ0n) is 37.5. The molecule has 12 aromatic rings. The lowest BCUT2D eigenvalue weighted by atomic mass is 10.0. The van der Waals surface area contributed by atoms with Gasteiger partial charge in [-0.25, -0.2) is 0 Å². The Labute approximate surface area is 397 Å². The first-order valence-corrected chi connectivity index (χ1v) is 23.3. The summed E-state index contributed by atoms with van der Waals surface area (Å²) < 4.78 is 0. The van der Waals surface area contributed by atoms with Crippen molar-refractivity contribution in [1.29, 1.82) is 0 Å². The van der Waals surface area contributed by atoms with Crippen LogP contribution >= 0.6 is 0 Å². The third-order valence-corrected chi connectivity index (χ3v) is 13.2. The van der Waals surface area contributed by atoms with Gasteiger partial charge in [-0.1, -0.05) is 206 Å². The highest BCUT2D eigenvalue weighted by molar-refractivity contribution is 5.95. The van der Waals surface area contributed by atoms with E-state index in [2.05, 4.69) is 289 Å². The lowest BCUT2D eigenvalue weighted by Crippen LogP contribution is -2.09. The first-order valence-electron chi connectivity index (χ1n) is 23.3. The number of fused-ring (bicyclic) bond motifs is 4. The molecule has 0 fully saturated rings. The van der Waals surface area contributed by atoms with Crippen molar-refractivity contribution in [3.63, 3.8) is 0 Å². The number of anilines is 6. The fourth-order valence-electron chi connectivity index (χ4n) is 9.53. The summed E-state index contributed by atoms with van der Waals surface area (Å²) in [7, 11) is 0. The van der Waals surface area contributed by atoms with Gasteiger partial charge in [0, 0.05) is 34.1 Å². The van der Waals surface area contributed by atoms with Crippen molar-refractivity contribution in [2.45, 2.75) is 0 Å². The van der Waals surface area contributed by atoms with Crippen molar-refractivity contribution in [3.05, 3.63) is 278 Å². The fourth-order valence-corrected chi connectivity index (χ4v) is 9.53. The van der Waals surface area contributed by atoms with Crippen molar-refractivity contribution < 1.29 is 0 Å². The van der Waals surface area contributed by atoms with Crippen LogP contribution in [0.1, 0.15) is 11.1 Å². The number of rotatable bonds is 10. The van der Waals surface area contributed by atoms with E-state index in [4.69, 9.17) is 0 Å². The Balaban J connectivity index is 0.756. The van der Waals surface area contributed by atoms with Crippen LogP contribution in [0.2, 0.25) is 0 Å². The second kappa shape index (κ2) is 17.8. The number of nitrogens with zero attached hydrogens (tertiary/aromatic N) is 2. The molecule has 0 aliphatic carbocycles. The van der Waals surface area contributed by atoms with Gasteiger partial charge in [0.15, 0.2) is 0 Å². The molecule has 0 spiro atoms. The highest BCUT2D eigenvalue weighted by atomic mass is 15.1. The Morgan fingerprint density at radius 1 is 0.191 bits per heavy atom. The SMILES string of the molecule is C(=C\c1ccc(-c2ccc(N(c3ccc4ccccc4c3)c3ccc4ccccc4c3)cc2)cc1)/c1ccc(-c2ccc(N(c3ccc4ccccc4c3)c3ccc4ccccc4c3)cc2)cc1. The molecule has 0 saturated carbocycles. The van der Waals surface area contributed by atoms with Gasteiger partial charge in [-0.2, -0.15) is 0 Å². The minimum Gasteiger partial charge on any atom is -0.310 e. The highest BCUT2D eigenvalue weighted by Gasteiger charge is 2.16. The zero-order valence-corrected chi connectivity index (χ0v) is 37.5. The van der Waals surface area contributed by atoms with Crippen molar-refractivity contribution in [2.75, 3.05) is 9.80 Å². The summed E-state index contributed by atoms with van der Waals surface area (Å²) in [5.41, 5.74) is 13.8. The Kier molecular flexibility index (Phi) is 10.6. The molecule has 0 unspecified atom stereocenters. The minimum absolute atomic E-state index is 1.11. The molecule has 0 radical (unpaired) electrons. The van der Waals surface area contributed by atoms with Gasteiger partial charge in [0.05, 0.1) is 0 Å². The van der Waals surface area contributed by atoms with E-state index >= 15 is 0 Å². The van der Waals surface area contributed by atoms with Crippen molar-refractivity contribution in [3.8, 4) is 22.3 Å². The van der Waals surface area contributed by atoms with E-state index in [1.165, 1.54) is 65.3 Å². The maximum Gasteiger partial charge on any atom is 0.0468 e. The summed E-state index contributed by atoms with van der Waals surface area (Å²) in [5, 5.41) is 9.82. The van der Waals surface area contributed by atoms with E-state index in [9.17, 15) is 0 Å². The van der Waals surface area contributed by atoms with Gasteiger partial charge in [-0.15, -0.1) is 0 Å². The van der Waals surface area contributed by atoms with Crippen molar-refractivity contribution in [2.24, 2.45) is 0 Å². The monoisotopic (exact) mass is 866 g/mol. The molecule has 0 bridgehead atoms. The molecule has 12 aromatic carbocycles. The van der Waals surface area contributed by atoms with Crippen LogP contribution in [-0.4, -0.2) is 0 Å². The molecular weight excluding hydrogens is 821 g/mol. The van der Waals surface area contributed by atoms with Crippen LogP contribution < -0.4 is 9.80 Å². The lowest BCUT2D eigenvalue weighted by molar-refractivity contribution is 1.29. The summed E-state index contributed by atoms with van der Waals surface area (Å²) in [6.07, 6.45) is 4.38. The van der Waals surface area contributed by atoms with E-state index in [1.807, 2.05) is 0 Å². The minimum atomic E-state index is 1.11. The summed E-state index contributed by atoms with van der Waals surface area (Å²) in [5.74, 6) is 0. The Morgan fingerprint density at radius 3 is 0.676 bits per heavy atom. The van der Waals surface area contributed by atoms with E-state index in [-0.39, 0.29) is 0 Å². The molecule has 0 heterocycles. The topological polar surface area (TPSA) is 6.48 Å². The van der Waals surface area contributed by atoms with Gasteiger partial charge in [-0.05, 0) is 149 Å². The van der Waals surface area contributed by atoms with Gasteiger partial charge >= 0.3 is 0 Å². The molecule has 0 aromatic heterocycles. The third kappa shape index (κ3) is 8.17. The van der Waals surface area contributed by atoms with Crippen LogP contribution in [0.5, 0.6) is 0 Å². The summed E-state index contributed by atoms with van der Waals surface area (Å²) in [6.45, 7) is 0. The normalized spacial score (nSPS) is 11.5. The van der Waals surface area contributed by atoms with Crippen LogP contribution in [-0.2, 0) is 0 Å². The van der Waals surface area contributed by atoms with Gasteiger partial charge in [0.2, 0.25) is 0 Å². The first-order chi connectivity index (χ1) is 33.6. The largest absolute Gasteiger partial charge is 0.310 e. The molecule has 0 atom stereocenters. The molecule has 0 N–H and O–H groups in total. The van der Waals surface area contributed by atoms with E-state index in [0.29, 0.717) is 0 Å². The molecule has 320 valence electrons. The standard InChI is InChI=1S/C66H46N2/c1-5-13-57-43-63(39-31-49(57)9-1)67(64-40-32-50-10-2-6-14-58(50)44-64)61-35-27-55(28-36-61)53-23-19-47(20-24-53)17-18-48-21-25-54(26-22-48)56-29-37-62(38-30-56)68(65-41-33-51-11-3-7-15-59(51)45-65)66-42-34-52-12-4-8-16-60(52)46-66/h1-46H/b18-17+. The molecule has 68 heavy (non-hydrogen) atoms. The van der Waals surface area contributed by atoms with Gasteiger partial charge < -0.3 is 9.80 Å². The molecule has 0 saturated heterocycles. The predicted octanol–water partition coefficient (Wildman–Crippen LogP) is 18.7. The summed E-state index contributed by atoms with van der Waals surface area (Å²) in [4.78, 5) is 4.71. The van der Waals surface area contributed by atoms with Crippen molar-refractivity contribution in [1.82, 2.24) is 0 Å². The van der Waals surface area contributed by atoms with Crippen LogP contribution in [0.3, 0.4) is 0 Å². The smallest absolute Gasteiger partial charge is 0.0468 e. The molecule has 2 nitrogen and oxygen atoms in total. The maximum atomic E-state index is 2.35. The van der Waals surface area contributed by atoms with Crippen LogP contribution in [0.25, 0.3) is 77.5 Å². The predicted molar refractivity (Wildman–Crippen MR) is 292 cm³/mol. The van der Waals surface area contributed by atoms with Crippen molar-refractivity contribution >= 4 is 89.4 Å². The van der Waals surface area contributed by atoms with Gasteiger partial charge in [0.1, 0.15) is 0 Å². The molecule has 12 rings (SSSR count). The summed E-state index contributed by atoms with van der Waals surface area (Å²) in [6, 6.07) is 96.6. The zero-order chi connectivity index (χ0) is 45.2. The Bertz CT molecular complexity index is 3360. The molecule has 0 aliphatic heterocycles. The molecule has 0 amide bonds. The van der Waals surface area contributed by atoms with Crippen LogP contribution in [0, 0.1) is 0 Å². The second-order valence-corrected chi connectivity index (χ2v) is 17.5. The van der Waals surface area contributed by atoms with E-state index < -0.39 is 0 Å². The molecular formula is C66H46N2. The quantitative estimate of drug-likeness (QED) is 0.126. The van der Waals surface area contributed by atoms with Gasteiger partial charge in [-0.3, -0.25) is 0 Å². The van der Waals surface area contributed by atoms with Crippen LogP contribution in [0.15, 0.2) is 267 Å².